The normalized spacial score (nSPS) is 11.5. The fraction of sp³-hybridized carbons (Fsp3) is 0.227. The molecule has 0 atom stereocenters. The molecule has 3 rings (SSSR count). The van der Waals surface area contributed by atoms with E-state index in [2.05, 4.69) is 60.8 Å². The van der Waals surface area contributed by atoms with Gasteiger partial charge in [-0.2, -0.15) is 0 Å². The maximum Gasteiger partial charge on any atom is 0.229 e. The number of hydrogen-bond acceptors (Lipinski definition) is 1. The van der Waals surface area contributed by atoms with E-state index in [-0.39, 0.29) is 5.91 Å². The van der Waals surface area contributed by atoms with Crippen LogP contribution in [-0.4, -0.2) is 5.91 Å². The number of rotatable bonds is 2. The van der Waals surface area contributed by atoms with Gasteiger partial charge in [-0.15, -0.1) is 0 Å². The molecule has 1 N–H and O–H groups in total. The Bertz CT molecular complexity index is 886. The van der Waals surface area contributed by atoms with Gasteiger partial charge in [0.2, 0.25) is 5.91 Å². The summed E-state index contributed by atoms with van der Waals surface area (Å²) < 4.78 is 0. The number of amides is 1. The Kier molecular flexibility index (Phi) is 4.15. The SMILES string of the molecule is Cc1ccc(-c2ccc3ccccc3c2NC(=O)C(C)(C)C)cc1. The summed E-state index contributed by atoms with van der Waals surface area (Å²) in [5.41, 5.74) is 3.82. The lowest BCUT2D eigenvalue weighted by Crippen LogP contribution is -2.28. The van der Waals surface area contributed by atoms with Crippen LogP contribution in [-0.2, 0) is 4.79 Å². The zero-order chi connectivity index (χ0) is 17.3. The minimum Gasteiger partial charge on any atom is -0.325 e. The number of hydrogen-bond donors (Lipinski definition) is 1. The molecule has 24 heavy (non-hydrogen) atoms. The van der Waals surface area contributed by atoms with Crippen molar-refractivity contribution in [3.05, 3.63) is 66.2 Å². The molecule has 122 valence electrons. The van der Waals surface area contributed by atoms with Crippen molar-refractivity contribution in [1.29, 1.82) is 0 Å². The Labute approximate surface area is 143 Å². The highest BCUT2D eigenvalue weighted by Gasteiger charge is 2.23. The summed E-state index contributed by atoms with van der Waals surface area (Å²) in [6.07, 6.45) is 0. The van der Waals surface area contributed by atoms with Crippen LogP contribution in [0.4, 0.5) is 5.69 Å². The first-order valence-electron chi connectivity index (χ1n) is 8.26. The lowest BCUT2D eigenvalue weighted by atomic mass is 9.93. The summed E-state index contributed by atoms with van der Waals surface area (Å²) >= 11 is 0. The molecule has 1 amide bonds. The number of carbonyl (C=O) groups excluding carboxylic acids is 1. The number of nitrogens with one attached hydrogen (secondary N) is 1. The molecule has 0 radical (unpaired) electrons. The molecule has 0 fully saturated rings. The van der Waals surface area contributed by atoms with Gasteiger partial charge in [-0.1, -0.05) is 87.0 Å². The first kappa shape index (κ1) is 16.3. The molecule has 0 saturated heterocycles. The minimum absolute atomic E-state index is 0.0206. The first-order valence-corrected chi connectivity index (χ1v) is 8.26. The maximum absolute atomic E-state index is 12.6. The van der Waals surface area contributed by atoms with Crippen molar-refractivity contribution < 1.29 is 4.79 Å². The van der Waals surface area contributed by atoms with Gasteiger partial charge < -0.3 is 5.32 Å². The molecule has 3 aromatic carbocycles. The van der Waals surface area contributed by atoms with E-state index in [0.717, 1.165) is 27.6 Å². The third kappa shape index (κ3) is 3.18. The topological polar surface area (TPSA) is 29.1 Å². The van der Waals surface area contributed by atoms with Crippen molar-refractivity contribution in [2.75, 3.05) is 5.32 Å². The molecule has 0 saturated carbocycles. The van der Waals surface area contributed by atoms with Crippen molar-refractivity contribution in [2.24, 2.45) is 5.41 Å². The van der Waals surface area contributed by atoms with E-state index >= 15 is 0 Å². The largest absolute Gasteiger partial charge is 0.325 e. The van der Waals surface area contributed by atoms with Crippen LogP contribution in [0.15, 0.2) is 60.7 Å². The lowest BCUT2D eigenvalue weighted by Gasteiger charge is -2.21. The summed E-state index contributed by atoms with van der Waals surface area (Å²) in [7, 11) is 0. The molecular formula is C22H23NO. The standard InChI is InChI=1S/C22H23NO/c1-15-9-11-17(12-10-15)19-14-13-16-7-5-6-8-18(16)20(19)23-21(24)22(2,3)4/h5-14H,1-4H3,(H,23,24). The zero-order valence-electron chi connectivity index (χ0n) is 14.7. The van der Waals surface area contributed by atoms with Crippen molar-refractivity contribution in [3.8, 4) is 11.1 Å². The van der Waals surface area contributed by atoms with E-state index in [4.69, 9.17) is 0 Å². The molecule has 0 aliphatic carbocycles. The smallest absolute Gasteiger partial charge is 0.229 e. The van der Waals surface area contributed by atoms with Crippen molar-refractivity contribution in [2.45, 2.75) is 27.7 Å². The number of carbonyl (C=O) groups is 1. The third-order valence-corrected chi connectivity index (χ3v) is 4.21. The molecular weight excluding hydrogens is 294 g/mol. The highest BCUT2D eigenvalue weighted by atomic mass is 16.2. The average molecular weight is 317 g/mol. The van der Waals surface area contributed by atoms with Crippen LogP contribution in [0.25, 0.3) is 21.9 Å². The van der Waals surface area contributed by atoms with Crippen LogP contribution in [0.2, 0.25) is 0 Å². The molecule has 0 unspecified atom stereocenters. The molecule has 0 aromatic heterocycles. The minimum atomic E-state index is -0.443. The molecule has 0 aliphatic heterocycles. The molecule has 0 aliphatic rings. The van der Waals surface area contributed by atoms with Gasteiger partial charge in [0.15, 0.2) is 0 Å². The van der Waals surface area contributed by atoms with Crippen LogP contribution < -0.4 is 5.32 Å². The highest BCUT2D eigenvalue weighted by molar-refractivity contribution is 6.09. The number of fused-ring (bicyclic) bond motifs is 1. The second-order valence-corrected chi connectivity index (χ2v) is 7.28. The first-order chi connectivity index (χ1) is 11.4. The zero-order valence-corrected chi connectivity index (χ0v) is 14.7. The third-order valence-electron chi connectivity index (χ3n) is 4.21. The van der Waals surface area contributed by atoms with Gasteiger partial charge in [0.05, 0.1) is 5.69 Å². The summed E-state index contributed by atoms with van der Waals surface area (Å²) in [6.45, 7) is 7.86. The van der Waals surface area contributed by atoms with E-state index in [1.165, 1.54) is 5.56 Å². The second-order valence-electron chi connectivity index (χ2n) is 7.28. The molecule has 2 nitrogen and oxygen atoms in total. The number of anilines is 1. The molecule has 0 bridgehead atoms. The lowest BCUT2D eigenvalue weighted by molar-refractivity contribution is -0.123. The molecule has 0 heterocycles. The van der Waals surface area contributed by atoms with Crippen molar-refractivity contribution in [1.82, 2.24) is 0 Å². The van der Waals surface area contributed by atoms with E-state index in [0.29, 0.717) is 0 Å². The monoisotopic (exact) mass is 317 g/mol. The van der Waals surface area contributed by atoms with E-state index in [1.54, 1.807) is 0 Å². The summed E-state index contributed by atoms with van der Waals surface area (Å²) in [5, 5.41) is 5.35. The highest BCUT2D eigenvalue weighted by Crippen LogP contribution is 2.36. The second kappa shape index (κ2) is 6.12. The van der Waals surface area contributed by atoms with E-state index < -0.39 is 5.41 Å². The molecule has 3 aromatic rings. The van der Waals surface area contributed by atoms with Gasteiger partial charge in [-0.05, 0) is 17.9 Å². The maximum atomic E-state index is 12.6. The van der Waals surface area contributed by atoms with Crippen molar-refractivity contribution in [3.63, 3.8) is 0 Å². The number of aryl methyl sites for hydroxylation is 1. The Hall–Kier alpha value is -2.61. The van der Waals surface area contributed by atoms with Gasteiger partial charge in [-0.25, -0.2) is 0 Å². The number of benzene rings is 3. The fourth-order valence-corrected chi connectivity index (χ4v) is 2.68. The van der Waals surface area contributed by atoms with Crippen LogP contribution in [0.1, 0.15) is 26.3 Å². The van der Waals surface area contributed by atoms with Gasteiger partial charge in [0.25, 0.3) is 0 Å². The van der Waals surface area contributed by atoms with Gasteiger partial charge in [0.1, 0.15) is 0 Å². The summed E-state index contributed by atoms with van der Waals surface area (Å²) in [5.74, 6) is 0.0206. The predicted octanol–water partition coefficient (Wildman–Crippen LogP) is 5.80. The van der Waals surface area contributed by atoms with Crippen LogP contribution >= 0.6 is 0 Å². The van der Waals surface area contributed by atoms with Gasteiger partial charge >= 0.3 is 0 Å². The molecule has 2 heteroatoms. The van der Waals surface area contributed by atoms with Gasteiger partial charge in [-0.3, -0.25) is 4.79 Å². The van der Waals surface area contributed by atoms with Gasteiger partial charge in [0, 0.05) is 16.4 Å². The van der Waals surface area contributed by atoms with Crippen molar-refractivity contribution >= 4 is 22.4 Å². The molecule has 0 spiro atoms. The quantitative estimate of drug-likeness (QED) is 0.636. The Morgan fingerprint density at radius 1 is 0.875 bits per heavy atom. The fourth-order valence-electron chi connectivity index (χ4n) is 2.68. The Morgan fingerprint density at radius 3 is 2.21 bits per heavy atom. The summed E-state index contributed by atoms with van der Waals surface area (Å²) in [4.78, 5) is 12.6. The summed E-state index contributed by atoms with van der Waals surface area (Å²) in [6, 6.07) is 20.8. The van der Waals surface area contributed by atoms with E-state index in [1.807, 2.05) is 32.9 Å². The Balaban J connectivity index is 2.20. The Morgan fingerprint density at radius 2 is 1.54 bits per heavy atom. The predicted molar refractivity (Wildman–Crippen MR) is 102 cm³/mol. The van der Waals surface area contributed by atoms with E-state index in [9.17, 15) is 4.79 Å². The van der Waals surface area contributed by atoms with Crippen LogP contribution in [0.3, 0.4) is 0 Å². The van der Waals surface area contributed by atoms with Crippen LogP contribution in [0.5, 0.6) is 0 Å². The van der Waals surface area contributed by atoms with Crippen LogP contribution in [0, 0.1) is 12.3 Å². The average Bonchev–Trinajstić information content (AvgIpc) is 2.55.